The number of carbonyl (C=O) groups excluding carboxylic acids is 1. The van der Waals surface area contributed by atoms with E-state index >= 15 is 0 Å². The maximum absolute atomic E-state index is 12.1. The Kier molecular flexibility index (Phi) is 5.20. The van der Waals surface area contributed by atoms with Crippen molar-refractivity contribution < 1.29 is 4.79 Å². The number of hydrogen-bond acceptors (Lipinski definition) is 4. The first-order chi connectivity index (χ1) is 9.72. The normalized spacial score (nSPS) is 13.7. The SMILES string of the molecule is Cl.Nc1ccc(C(=O)Nc2nc3c(s2)CCCCC3)cc1. The highest BCUT2D eigenvalue weighted by Gasteiger charge is 2.15. The number of fused-ring (bicyclic) bond motifs is 1. The van der Waals surface area contributed by atoms with E-state index in [0.29, 0.717) is 16.4 Å². The van der Waals surface area contributed by atoms with Crippen LogP contribution < -0.4 is 11.1 Å². The highest BCUT2D eigenvalue weighted by Crippen LogP contribution is 2.29. The van der Waals surface area contributed by atoms with Gasteiger partial charge in [0.2, 0.25) is 0 Å². The number of anilines is 2. The van der Waals surface area contributed by atoms with Crippen LogP contribution in [0.15, 0.2) is 24.3 Å². The number of rotatable bonds is 2. The number of nitrogens with one attached hydrogen (secondary N) is 1. The van der Waals surface area contributed by atoms with Crippen LogP contribution in [0.4, 0.5) is 10.8 Å². The molecule has 0 saturated heterocycles. The van der Waals surface area contributed by atoms with Crippen molar-refractivity contribution in [3.8, 4) is 0 Å². The molecule has 0 fully saturated rings. The van der Waals surface area contributed by atoms with Crippen LogP contribution in [-0.4, -0.2) is 10.9 Å². The molecule has 3 N–H and O–H groups in total. The van der Waals surface area contributed by atoms with Crippen molar-refractivity contribution in [3.63, 3.8) is 0 Å². The van der Waals surface area contributed by atoms with Crippen LogP contribution in [0.1, 0.15) is 40.2 Å². The zero-order valence-corrected chi connectivity index (χ0v) is 13.2. The van der Waals surface area contributed by atoms with Gasteiger partial charge < -0.3 is 5.73 Å². The summed E-state index contributed by atoms with van der Waals surface area (Å²) in [5.74, 6) is -0.131. The standard InChI is InChI=1S/C15H17N3OS.ClH/c16-11-8-6-10(7-9-11)14(19)18-15-17-12-4-2-1-3-5-13(12)20-15;/h6-9H,1-5,16H2,(H,17,18,19);1H. The third-order valence-electron chi connectivity index (χ3n) is 3.49. The Labute approximate surface area is 134 Å². The summed E-state index contributed by atoms with van der Waals surface area (Å²) in [5.41, 5.74) is 8.04. The van der Waals surface area contributed by atoms with E-state index < -0.39 is 0 Å². The van der Waals surface area contributed by atoms with Crippen molar-refractivity contribution in [2.75, 3.05) is 11.1 Å². The van der Waals surface area contributed by atoms with Gasteiger partial charge in [0.05, 0.1) is 5.69 Å². The molecule has 0 radical (unpaired) electrons. The zero-order valence-electron chi connectivity index (χ0n) is 11.6. The Morgan fingerprint density at radius 1 is 1.14 bits per heavy atom. The quantitative estimate of drug-likeness (QED) is 0.654. The first-order valence-corrected chi connectivity index (χ1v) is 7.69. The van der Waals surface area contributed by atoms with E-state index in [9.17, 15) is 4.79 Å². The number of amides is 1. The molecule has 6 heteroatoms. The number of aromatic nitrogens is 1. The minimum Gasteiger partial charge on any atom is -0.399 e. The number of nitrogen functional groups attached to an aromatic ring is 1. The number of nitrogens with two attached hydrogens (primary N) is 1. The lowest BCUT2D eigenvalue weighted by Crippen LogP contribution is -2.11. The molecule has 0 saturated carbocycles. The van der Waals surface area contributed by atoms with Crippen molar-refractivity contribution in [1.82, 2.24) is 4.98 Å². The summed E-state index contributed by atoms with van der Waals surface area (Å²) in [7, 11) is 0. The van der Waals surface area contributed by atoms with Gasteiger partial charge in [0.1, 0.15) is 0 Å². The van der Waals surface area contributed by atoms with Gasteiger partial charge >= 0.3 is 0 Å². The fraction of sp³-hybridized carbons (Fsp3) is 0.333. The number of benzene rings is 1. The van der Waals surface area contributed by atoms with Gasteiger partial charge in [-0.1, -0.05) is 6.42 Å². The number of carbonyl (C=O) groups is 1. The van der Waals surface area contributed by atoms with E-state index in [1.165, 1.54) is 29.8 Å². The van der Waals surface area contributed by atoms with Gasteiger partial charge in [0.25, 0.3) is 5.91 Å². The van der Waals surface area contributed by atoms with E-state index in [2.05, 4.69) is 10.3 Å². The van der Waals surface area contributed by atoms with Crippen LogP contribution in [-0.2, 0) is 12.8 Å². The van der Waals surface area contributed by atoms with Crippen LogP contribution in [0, 0.1) is 0 Å². The fourth-order valence-corrected chi connectivity index (χ4v) is 3.43. The van der Waals surface area contributed by atoms with Gasteiger partial charge in [-0.05, 0) is 49.9 Å². The number of nitrogens with zero attached hydrogens (tertiary/aromatic N) is 1. The lowest BCUT2D eigenvalue weighted by molar-refractivity contribution is 0.102. The smallest absolute Gasteiger partial charge is 0.257 e. The minimum absolute atomic E-state index is 0. The summed E-state index contributed by atoms with van der Waals surface area (Å²) in [4.78, 5) is 18.0. The van der Waals surface area contributed by atoms with Crippen molar-refractivity contribution in [3.05, 3.63) is 40.4 Å². The molecule has 0 aliphatic heterocycles. The minimum atomic E-state index is -0.131. The number of halogens is 1. The summed E-state index contributed by atoms with van der Waals surface area (Å²) in [6, 6.07) is 6.91. The molecule has 0 atom stereocenters. The topological polar surface area (TPSA) is 68.0 Å². The lowest BCUT2D eigenvalue weighted by Gasteiger charge is -2.02. The van der Waals surface area contributed by atoms with Crippen LogP contribution in [0.2, 0.25) is 0 Å². The second-order valence-corrected chi connectivity index (χ2v) is 6.11. The van der Waals surface area contributed by atoms with E-state index in [1.54, 1.807) is 35.6 Å². The molecule has 1 aliphatic rings. The van der Waals surface area contributed by atoms with Gasteiger partial charge in [0.15, 0.2) is 5.13 Å². The summed E-state index contributed by atoms with van der Waals surface area (Å²) in [6.45, 7) is 0. The first-order valence-electron chi connectivity index (χ1n) is 6.88. The Bertz CT molecular complexity index is 601. The van der Waals surface area contributed by atoms with E-state index in [0.717, 1.165) is 12.8 Å². The molecule has 1 aromatic carbocycles. The molecular weight excluding hydrogens is 306 g/mol. The average Bonchev–Trinajstić information content (AvgIpc) is 2.68. The zero-order chi connectivity index (χ0) is 13.9. The van der Waals surface area contributed by atoms with Crippen LogP contribution >= 0.6 is 23.7 Å². The average molecular weight is 324 g/mol. The third-order valence-corrected chi connectivity index (χ3v) is 4.56. The molecular formula is C15H18ClN3OS. The number of thiazole rings is 1. The number of aryl methyl sites for hydroxylation is 2. The maximum Gasteiger partial charge on any atom is 0.257 e. The molecule has 0 bridgehead atoms. The highest BCUT2D eigenvalue weighted by atomic mass is 35.5. The molecule has 0 unspecified atom stereocenters. The molecule has 4 nitrogen and oxygen atoms in total. The van der Waals surface area contributed by atoms with Crippen LogP contribution in [0.3, 0.4) is 0 Å². The van der Waals surface area contributed by atoms with E-state index in [4.69, 9.17) is 5.73 Å². The first kappa shape index (κ1) is 15.8. The second kappa shape index (κ2) is 6.91. The van der Waals surface area contributed by atoms with Gasteiger partial charge in [-0.2, -0.15) is 0 Å². The molecule has 0 spiro atoms. The van der Waals surface area contributed by atoms with Gasteiger partial charge in [0, 0.05) is 16.1 Å². The molecule has 1 aliphatic carbocycles. The second-order valence-electron chi connectivity index (χ2n) is 5.03. The van der Waals surface area contributed by atoms with Crippen molar-refractivity contribution >= 4 is 40.5 Å². The Morgan fingerprint density at radius 2 is 1.86 bits per heavy atom. The summed E-state index contributed by atoms with van der Waals surface area (Å²) < 4.78 is 0. The van der Waals surface area contributed by atoms with Gasteiger partial charge in [-0.25, -0.2) is 4.98 Å². The molecule has 112 valence electrons. The van der Waals surface area contributed by atoms with Crippen molar-refractivity contribution in [1.29, 1.82) is 0 Å². The molecule has 2 aromatic rings. The molecule has 21 heavy (non-hydrogen) atoms. The van der Waals surface area contributed by atoms with Crippen molar-refractivity contribution in [2.45, 2.75) is 32.1 Å². The maximum atomic E-state index is 12.1. The van der Waals surface area contributed by atoms with Gasteiger partial charge in [-0.3, -0.25) is 10.1 Å². The summed E-state index contributed by atoms with van der Waals surface area (Å²) >= 11 is 1.61. The monoisotopic (exact) mass is 323 g/mol. The van der Waals surface area contributed by atoms with Crippen molar-refractivity contribution in [2.24, 2.45) is 0 Å². The van der Waals surface area contributed by atoms with E-state index in [1.807, 2.05) is 0 Å². The predicted molar refractivity (Wildman–Crippen MR) is 89.4 cm³/mol. The molecule has 3 rings (SSSR count). The Balaban J connectivity index is 0.00000161. The Hall–Kier alpha value is -1.59. The molecule has 1 aromatic heterocycles. The fourth-order valence-electron chi connectivity index (χ4n) is 2.39. The lowest BCUT2D eigenvalue weighted by atomic mass is 10.2. The largest absolute Gasteiger partial charge is 0.399 e. The van der Waals surface area contributed by atoms with E-state index in [-0.39, 0.29) is 18.3 Å². The Morgan fingerprint density at radius 3 is 2.62 bits per heavy atom. The molecule has 1 amide bonds. The highest BCUT2D eigenvalue weighted by molar-refractivity contribution is 7.15. The summed E-state index contributed by atoms with van der Waals surface area (Å²) in [5, 5.41) is 3.59. The van der Waals surface area contributed by atoms with Gasteiger partial charge in [-0.15, -0.1) is 23.7 Å². The van der Waals surface area contributed by atoms with Crippen LogP contribution in [0.5, 0.6) is 0 Å². The predicted octanol–water partition coefficient (Wildman–Crippen LogP) is 3.67. The summed E-state index contributed by atoms with van der Waals surface area (Å²) in [6.07, 6.45) is 5.81. The number of hydrogen-bond donors (Lipinski definition) is 2. The molecule has 1 heterocycles. The third kappa shape index (κ3) is 3.74. The van der Waals surface area contributed by atoms with Crippen LogP contribution in [0.25, 0.3) is 0 Å².